The lowest BCUT2D eigenvalue weighted by Gasteiger charge is -2.13. The summed E-state index contributed by atoms with van der Waals surface area (Å²) in [5, 5.41) is 18.2. The Labute approximate surface area is 198 Å². The predicted molar refractivity (Wildman–Crippen MR) is 133 cm³/mol. The molecule has 8 nitrogen and oxygen atoms in total. The Morgan fingerprint density at radius 1 is 1.03 bits per heavy atom. The fourth-order valence-corrected chi connectivity index (χ4v) is 5.14. The SMILES string of the molecule is CC(C)Cc1nnc(Nc2ccc3ncc(-c4cnn(CCCN5CCCC5)c4)cc3n2)s1. The summed E-state index contributed by atoms with van der Waals surface area (Å²) in [6.45, 7) is 8.94. The number of hydrogen-bond donors (Lipinski definition) is 1. The van der Waals surface area contributed by atoms with E-state index in [1.165, 1.54) is 25.9 Å². The molecule has 0 amide bonds. The molecule has 5 rings (SSSR count). The molecule has 4 aromatic rings. The van der Waals surface area contributed by atoms with E-state index in [4.69, 9.17) is 4.98 Å². The minimum absolute atomic E-state index is 0.559. The van der Waals surface area contributed by atoms with Gasteiger partial charge in [-0.25, -0.2) is 4.98 Å². The molecule has 0 spiro atoms. The standard InChI is InChI=1S/C24H30N8S/c1-17(2)12-23-29-30-24(33-23)28-22-7-6-20-21(27-22)13-18(14-25-20)19-15-26-32(16-19)11-5-10-31-8-3-4-9-31/h6-7,13-17H,3-5,8-12H2,1-2H3,(H,27,28,30). The highest BCUT2D eigenvalue weighted by Gasteiger charge is 2.12. The van der Waals surface area contributed by atoms with Gasteiger partial charge in [-0.2, -0.15) is 5.10 Å². The van der Waals surface area contributed by atoms with Gasteiger partial charge in [-0.15, -0.1) is 10.2 Å². The van der Waals surface area contributed by atoms with E-state index in [9.17, 15) is 0 Å². The van der Waals surface area contributed by atoms with Gasteiger partial charge in [0.2, 0.25) is 5.13 Å². The van der Waals surface area contributed by atoms with Crippen LogP contribution in [0.2, 0.25) is 0 Å². The number of hydrogen-bond acceptors (Lipinski definition) is 8. The van der Waals surface area contributed by atoms with Crippen molar-refractivity contribution in [1.82, 2.24) is 34.8 Å². The first-order chi connectivity index (χ1) is 16.1. The zero-order valence-corrected chi connectivity index (χ0v) is 20.1. The average molecular weight is 463 g/mol. The number of aryl methyl sites for hydroxylation is 1. The number of anilines is 2. The predicted octanol–water partition coefficient (Wildman–Crippen LogP) is 4.77. The second kappa shape index (κ2) is 9.93. The van der Waals surface area contributed by atoms with Gasteiger partial charge in [-0.3, -0.25) is 9.67 Å². The first-order valence-electron chi connectivity index (χ1n) is 11.7. The van der Waals surface area contributed by atoms with Gasteiger partial charge in [0.25, 0.3) is 0 Å². The van der Waals surface area contributed by atoms with Gasteiger partial charge < -0.3 is 10.2 Å². The van der Waals surface area contributed by atoms with Gasteiger partial charge >= 0.3 is 0 Å². The second-order valence-electron chi connectivity index (χ2n) is 9.08. The van der Waals surface area contributed by atoms with Crippen molar-refractivity contribution < 1.29 is 0 Å². The van der Waals surface area contributed by atoms with Crippen LogP contribution in [0.3, 0.4) is 0 Å². The van der Waals surface area contributed by atoms with Gasteiger partial charge in [0.05, 0.1) is 17.2 Å². The van der Waals surface area contributed by atoms with Gasteiger partial charge in [0, 0.05) is 36.5 Å². The molecule has 1 fully saturated rings. The molecule has 5 heterocycles. The Hall–Kier alpha value is -2.91. The molecule has 0 atom stereocenters. The van der Waals surface area contributed by atoms with Crippen LogP contribution in [0, 0.1) is 5.92 Å². The summed E-state index contributed by atoms with van der Waals surface area (Å²) >= 11 is 1.58. The molecule has 0 unspecified atom stereocenters. The first kappa shape index (κ1) is 21.9. The van der Waals surface area contributed by atoms with E-state index in [0.29, 0.717) is 5.92 Å². The average Bonchev–Trinajstić information content (AvgIpc) is 3.56. The molecule has 1 N–H and O–H groups in total. The van der Waals surface area contributed by atoms with Crippen molar-refractivity contribution in [2.24, 2.45) is 5.92 Å². The van der Waals surface area contributed by atoms with Crippen LogP contribution in [0.25, 0.3) is 22.2 Å². The molecular formula is C24H30N8S. The van der Waals surface area contributed by atoms with E-state index < -0.39 is 0 Å². The van der Waals surface area contributed by atoms with Crippen LogP contribution in [0.5, 0.6) is 0 Å². The van der Waals surface area contributed by atoms with Crippen molar-refractivity contribution in [3.8, 4) is 11.1 Å². The van der Waals surface area contributed by atoms with Crippen LogP contribution in [0.4, 0.5) is 10.9 Å². The summed E-state index contributed by atoms with van der Waals surface area (Å²) in [6.07, 6.45) is 10.6. The molecule has 9 heteroatoms. The van der Waals surface area contributed by atoms with Crippen LogP contribution >= 0.6 is 11.3 Å². The lowest BCUT2D eigenvalue weighted by molar-refractivity contribution is 0.322. The molecule has 0 bridgehead atoms. The van der Waals surface area contributed by atoms with Crippen LogP contribution in [-0.4, -0.2) is 54.5 Å². The van der Waals surface area contributed by atoms with Crippen molar-refractivity contribution in [3.05, 3.63) is 41.8 Å². The number of fused-ring (bicyclic) bond motifs is 1. The molecule has 0 radical (unpaired) electrons. The number of rotatable bonds is 9. The van der Waals surface area contributed by atoms with E-state index >= 15 is 0 Å². The number of nitrogens with zero attached hydrogens (tertiary/aromatic N) is 7. The number of nitrogens with one attached hydrogen (secondary N) is 1. The van der Waals surface area contributed by atoms with E-state index in [1.54, 1.807) is 11.3 Å². The molecule has 1 saturated heterocycles. The summed E-state index contributed by atoms with van der Waals surface area (Å²) in [7, 11) is 0. The highest BCUT2D eigenvalue weighted by Crippen LogP contribution is 2.25. The summed E-state index contributed by atoms with van der Waals surface area (Å²) in [6, 6.07) is 5.98. The highest BCUT2D eigenvalue weighted by molar-refractivity contribution is 7.15. The van der Waals surface area contributed by atoms with Gasteiger partial charge in [-0.05, 0) is 63.0 Å². The van der Waals surface area contributed by atoms with Crippen LogP contribution in [0.15, 0.2) is 36.8 Å². The van der Waals surface area contributed by atoms with Crippen molar-refractivity contribution in [1.29, 1.82) is 0 Å². The van der Waals surface area contributed by atoms with Crippen LogP contribution < -0.4 is 5.32 Å². The monoisotopic (exact) mass is 462 g/mol. The van der Waals surface area contributed by atoms with Gasteiger partial charge in [0.15, 0.2) is 0 Å². The Bertz CT molecular complexity index is 1210. The van der Waals surface area contributed by atoms with E-state index in [2.05, 4.69) is 56.6 Å². The number of pyridine rings is 2. The molecule has 4 aromatic heterocycles. The fraction of sp³-hybridized carbons (Fsp3) is 0.458. The zero-order valence-electron chi connectivity index (χ0n) is 19.2. The third-order valence-electron chi connectivity index (χ3n) is 5.85. The summed E-state index contributed by atoms with van der Waals surface area (Å²) in [5.41, 5.74) is 3.78. The molecule has 0 saturated carbocycles. The Balaban J connectivity index is 1.26. The number of likely N-dealkylation sites (tertiary alicyclic amines) is 1. The van der Waals surface area contributed by atoms with Crippen molar-refractivity contribution in [3.63, 3.8) is 0 Å². The zero-order chi connectivity index (χ0) is 22.6. The molecule has 33 heavy (non-hydrogen) atoms. The van der Waals surface area contributed by atoms with Crippen molar-refractivity contribution >= 4 is 33.3 Å². The second-order valence-corrected chi connectivity index (χ2v) is 10.1. The minimum atomic E-state index is 0.559. The Morgan fingerprint density at radius 3 is 2.76 bits per heavy atom. The lowest BCUT2D eigenvalue weighted by atomic mass is 10.1. The molecule has 1 aliphatic rings. The quantitative estimate of drug-likeness (QED) is 0.383. The molecule has 1 aliphatic heterocycles. The Kier molecular flexibility index (Phi) is 6.59. The summed E-state index contributed by atoms with van der Waals surface area (Å²) in [5.74, 6) is 1.30. The highest BCUT2D eigenvalue weighted by atomic mass is 32.1. The topological polar surface area (TPSA) is 84.7 Å². The number of aromatic nitrogens is 6. The third kappa shape index (κ3) is 5.54. The van der Waals surface area contributed by atoms with Crippen molar-refractivity contribution in [2.45, 2.75) is 46.1 Å². The molecule has 172 valence electrons. The van der Waals surface area contributed by atoms with E-state index in [0.717, 1.165) is 64.0 Å². The first-order valence-corrected chi connectivity index (χ1v) is 12.6. The third-order valence-corrected chi connectivity index (χ3v) is 6.71. The largest absolute Gasteiger partial charge is 0.315 e. The summed E-state index contributed by atoms with van der Waals surface area (Å²) < 4.78 is 2.03. The summed E-state index contributed by atoms with van der Waals surface area (Å²) in [4.78, 5) is 11.9. The normalized spacial score (nSPS) is 14.5. The Morgan fingerprint density at radius 2 is 1.91 bits per heavy atom. The van der Waals surface area contributed by atoms with Gasteiger partial charge in [-0.1, -0.05) is 25.2 Å². The van der Waals surface area contributed by atoms with Crippen LogP contribution in [0.1, 0.15) is 38.1 Å². The van der Waals surface area contributed by atoms with Crippen LogP contribution in [-0.2, 0) is 13.0 Å². The molecular weight excluding hydrogens is 432 g/mol. The smallest absolute Gasteiger partial charge is 0.211 e. The van der Waals surface area contributed by atoms with Gasteiger partial charge in [0.1, 0.15) is 10.8 Å². The lowest BCUT2D eigenvalue weighted by Crippen LogP contribution is -2.21. The molecule has 0 aliphatic carbocycles. The van der Waals surface area contributed by atoms with Crippen molar-refractivity contribution in [2.75, 3.05) is 25.0 Å². The maximum absolute atomic E-state index is 4.76. The maximum atomic E-state index is 4.76. The minimum Gasteiger partial charge on any atom is -0.315 e. The van der Waals surface area contributed by atoms with E-state index in [1.807, 2.05) is 29.2 Å². The molecule has 0 aromatic carbocycles. The fourth-order valence-electron chi connectivity index (χ4n) is 4.18. The maximum Gasteiger partial charge on any atom is 0.211 e. The van der Waals surface area contributed by atoms with E-state index in [-0.39, 0.29) is 0 Å².